The summed E-state index contributed by atoms with van der Waals surface area (Å²) in [5.41, 5.74) is 4.93. The highest BCUT2D eigenvalue weighted by Crippen LogP contribution is 2.18. The van der Waals surface area contributed by atoms with Crippen LogP contribution in [0, 0.1) is 0 Å². The zero-order chi connectivity index (χ0) is 16.3. The second-order valence-corrected chi connectivity index (χ2v) is 7.51. The van der Waals surface area contributed by atoms with Crippen LogP contribution in [0.4, 0.5) is 4.79 Å². The van der Waals surface area contributed by atoms with Gasteiger partial charge in [0.1, 0.15) is 0 Å². The van der Waals surface area contributed by atoms with E-state index in [-0.39, 0.29) is 0 Å². The maximum absolute atomic E-state index is 12.4. The van der Waals surface area contributed by atoms with Gasteiger partial charge in [-0.15, -0.1) is 0 Å². The van der Waals surface area contributed by atoms with Crippen LogP contribution in [0.2, 0.25) is 0 Å². The monoisotopic (exact) mass is 333 g/mol. The number of nitrogens with two attached hydrogens (primary N) is 1. The van der Waals surface area contributed by atoms with Crippen molar-refractivity contribution in [3.63, 3.8) is 0 Å². The molecule has 2 aliphatic heterocycles. The third-order valence-electron chi connectivity index (χ3n) is 4.16. The van der Waals surface area contributed by atoms with Crippen molar-refractivity contribution in [3.8, 4) is 0 Å². The molecule has 2 saturated heterocycles. The Bertz CT molecular complexity index is 524. The van der Waals surface area contributed by atoms with Crippen LogP contribution in [0.3, 0.4) is 0 Å². The van der Waals surface area contributed by atoms with E-state index >= 15 is 0 Å². The van der Waals surface area contributed by atoms with Gasteiger partial charge >= 0.3 is 6.03 Å². The van der Waals surface area contributed by atoms with E-state index < -0.39 is 28.2 Å². The van der Waals surface area contributed by atoms with Crippen LogP contribution in [0.15, 0.2) is 0 Å². The van der Waals surface area contributed by atoms with Gasteiger partial charge in [-0.1, -0.05) is 0 Å². The molecule has 0 aromatic carbocycles. The molecule has 1 atom stereocenters. The summed E-state index contributed by atoms with van der Waals surface area (Å²) in [6.45, 7) is 4.41. The number of hydrogen-bond acceptors (Lipinski definition) is 5. The molecular formula is C12H23N5O4S. The minimum absolute atomic E-state index is 0.340. The molecule has 0 aliphatic carbocycles. The Labute approximate surface area is 130 Å². The summed E-state index contributed by atoms with van der Waals surface area (Å²) in [6.07, 6.45) is 1.81. The molecule has 9 nitrogen and oxygen atoms in total. The number of nitrogens with one attached hydrogen (secondary N) is 1. The molecule has 0 radical (unpaired) electrons. The molecule has 3 N–H and O–H groups in total. The second-order valence-electron chi connectivity index (χ2n) is 5.58. The Kier molecular flexibility index (Phi) is 5.37. The van der Waals surface area contributed by atoms with Gasteiger partial charge in [0.25, 0.3) is 10.2 Å². The van der Waals surface area contributed by atoms with E-state index in [4.69, 9.17) is 5.73 Å². The lowest BCUT2D eigenvalue weighted by Gasteiger charge is -2.37. The third kappa shape index (κ3) is 3.75. The van der Waals surface area contributed by atoms with E-state index in [0.717, 1.165) is 12.8 Å². The zero-order valence-corrected chi connectivity index (χ0v) is 13.5. The van der Waals surface area contributed by atoms with Crippen molar-refractivity contribution < 1.29 is 18.0 Å². The number of piperazine rings is 1. The molecule has 0 bridgehead atoms. The molecule has 0 aromatic heterocycles. The summed E-state index contributed by atoms with van der Waals surface area (Å²) >= 11 is 0. The molecule has 0 saturated carbocycles. The van der Waals surface area contributed by atoms with E-state index in [9.17, 15) is 18.0 Å². The van der Waals surface area contributed by atoms with Gasteiger partial charge in [-0.05, 0) is 19.8 Å². The topological polar surface area (TPSA) is 116 Å². The molecule has 2 rings (SSSR count). The average Bonchev–Trinajstić information content (AvgIpc) is 3.01. The summed E-state index contributed by atoms with van der Waals surface area (Å²) in [5.74, 6) is -0.469. The Morgan fingerprint density at radius 2 is 1.50 bits per heavy atom. The normalized spacial score (nSPS) is 23.3. The molecule has 10 heteroatoms. The van der Waals surface area contributed by atoms with E-state index in [1.165, 1.54) is 8.61 Å². The average molecular weight is 333 g/mol. The number of imide groups is 1. The third-order valence-corrected chi connectivity index (χ3v) is 6.20. The van der Waals surface area contributed by atoms with Crippen LogP contribution in [0.25, 0.3) is 0 Å². The Morgan fingerprint density at radius 1 is 1.00 bits per heavy atom. The van der Waals surface area contributed by atoms with E-state index in [1.54, 1.807) is 6.92 Å². The lowest BCUT2D eigenvalue weighted by atomic mass is 10.2. The highest BCUT2D eigenvalue weighted by atomic mass is 32.2. The fourth-order valence-corrected chi connectivity index (χ4v) is 4.47. The number of nitrogens with zero attached hydrogens (tertiary/aromatic N) is 3. The Hall–Kier alpha value is -1.23. The lowest BCUT2D eigenvalue weighted by molar-refractivity contribution is -0.125. The molecule has 0 aromatic rings. The van der Waals surface area contributed by atoms with Crippen molar-refractivity contribution in [3.05, 3.63) is 0 Å². The fourth-order valence-electron chi connectivity index (χ4n) is 2.80. The Balaban J connectivity index is 1.90. The molecular weight excluding hydrogens is 310 g/mol. The summed E-state index contributed by atoms with van der Waals surface area (Å²) in [6, 6.07) is -1.41. The first-order valence-corrected chi connectivity index (χ1v) is 8.81. The van der Waals surface area contributed by atoms with Gasteiger partial charge in [0.2, 0.25) is 5.91 Å². The van der Waals surface area contributed by atoms with Crippen molar-refractivity contribution >= 4 is 22.1 Å². The number of carbonyl (C=O) groups is 2. The number of amides is 3. The van der Waals surface area contributed by atoms with Gasteiger partial charge in [-0.3, -0.25) is 15.0 Å². The smallest absolute Gasteiger partial charge is 0.318 e. The first kappa shape index (κ1) is 17.1. The van der Waals surface area contributed by atoms with Crippen molar-refractivity contribution in [1.82, 2.24) is 18.8 Å². The number of hydrogen-bond donors (Lipinski definition) is 2. The maximum atomic E-state index is 12.4. The van der Waals surface area contributed by atoms with E-state index in [2.05, 4.69) is 0 Å². The first-order valence-electron chi connectivity index (χ1n) is 7.42. The lowest BCUT2D eigenvalue weighted by Crippen LogP contribution is -2.57. The maximum Gasteiger partial charge on any atom is 0.318 e. The second kappa shape index (κ2) is 6.90. The minimum Gasteiger partial charge on any atom is -0.351 e. The molecule has 3 amide bonds. The molecule has 2 fully saturated rings. The van der Waals surface area contributed by atoms with Crippen LogP contribution in [-0.2, 0) is 15.0 Å². The molecule has 0 unspecified atom stereocenters. The van der Waals surface area contributed by atoms with Crippen molar-refractivity contribution in [2.75, 3.05) is 39.3 Å². The molecule has 2 heterocycles. The summed E-state index contributed by atoms with van der Waals surface area (Å²) < 4.78 is 27.9. The number of carbonyl (C=O) groups excluding carboxylic acids is 2. The molecule has 2 aliphatic rings. The number of primary amides is 1. The number of urea groups is 1. The summed E-state index contributed by atoms with van der Waals surface area (Å²) in [4.78, 5) is 24.3. The standard InChI is InChI=1S/C12H23N5O4S/c1-10(11(18)14-12(13)19)15-6-8-17(9-7-15)22(20,21)16-4-2-3-5-16/h10H,2-9H2,1H3,(H3,13,14,18,19)/t10-/m0/s1. The predicted molar refractivity (Wildman–Crippen MR) is 80.1 cm³/mol. The number of rotatable bonds is 4. The zero-order valence-electron chi connectivity index (χ0n) is 12.7. The first-order chi connectivity index (χ1) is 10.3. The Morgan fingerprint density at radius 3 is 2.00 bits per heavy atom. The van der Waals surface area contributed by atoms with Gasteiger partial charge in [0.15, 0.2) is 0 Å². The van der Waals surface area contributed by atoms with Crippen molar-refractivity contribution in [2.45, 2.75) is 25.8 Å². The van der Waals surface area contributed by atoms with Crippen molar-refractivity contribution in [2.24, 2.45) is 5.73 Å². The van der Waals surface area contributed by atoms with Crippen LogP contribution < -0.4 is 11.1 Å². The van der Waals surface area contributed by atoms with Gasteiger partial charge in [-0.25, -0.2) is 4.79 Å². The largest absolute Gasteiger partial charge is 0.351 e. The van der Waals surface area contributed by atoms with Crippen LogP contribution >= 0.6 is 0 Å². The highest BCUT2D eigenvalue weighted by molar-refractivity contribution is 7.86. The summed E-state index contributed by atoms with van der Waals surface area (Å²) in [7, 11) is -3.38. The van der Waals surface area contributed by atoms with Crippen LogP contribution in [0.5, 0.6) is 0 Å². The molecule has 126 valence electrons. The molecule has 22 heavy (non-hydrogen) atoms. The fraction of sp³-hybridized carbons (Fsp3) is 0.833. The highest BCUT2D eigenvalue weighted by Gasteiger charge is 2.35. The van der Waals surface area contributed by atoms with Crippen molar-refractivity contribution in [1.29, 1.82) is 0 Å². The SMILES string of the molecule is C[C@@H](C(=O)NC(N)=O)N1CCN(S(=O)(=O)N2CCCC2)CC1. The van der Waals surface area contributed by atoms with E-state index in [0.29, 0.717) is 39.3 Å². The van der Waals surface area contributed by atoms with Gasteiger partial charge in [-0.2, -0.15) is 17.0 Å². The van der Waals surface area contributed by atoms with Crippen LogP contribution in [-0.4, -0.2) is 79.2 Å². The van der Waals surface area contributed by atoms with Crippen LogP contribution in [0.1, 0.15) is 19.8 Å². The van der Waals surface area contributed by atoms with Gasteiger partial charge in [0.05, 0.1) is 6.04 Å². The quantitative estimate of drug-likeness (QED) is 0.651. The minimum atomic E-state index is -3.38. The van der Waals surface area contributed by atoms with Gasteiger partial charge < -0.3 is 5.73 Å². The van der Waals surface area contributed by atoms with Gasteiger partial charge in [0, 0.05) is 39.3 Å². The van der Waals surface area contributed by atoms with E-state index in [1.807, 2.05) is 10.2 Å². The predicted octanol–water partition coefficient (Wildman–Crippen LogP) is -1.47. The molecule has 0 spiro atoms. The summed E-state index contributed by atoms with van der Waals surface area (Å²) in [5, 5.41) is 2.04.